The van der Waals surface area contributed by atoms with Crippen LogP contribution in [0.15, 0.2) is 35.3 Å². The molecular weight excluding hydrogens is 328 g/mol. The maximum Gasteiger partial charge on any atom is 0.332 e. The number of aliphatic imine (C=N–C) groups is 1. The molecule has 3 rings (SSSR count). The Morgan fingerprint density at radius 2 is 2.12 bits per heavy atom. The zero-order valence-electron chi connectivity index (χ0n) is 13.7. The Morgan fingerprint density at radius 1 is 1.38 bits per heavy atom. The maximum atomic E-state index is 12.4. The third-order valence-electron chi connectivity index (χ3n) is 3.72. The van der Waals surface area contributed by atoms with Crippen molar-refractivity contribution in [3.05, 3.63) is 30.3 Å². The highest BCUT2D eigenvalue weighted by Gasteiger charge is 2.60. The molecule has 2 heterocycles. The van der Waals surface area contributed by atoms with Crippen molar-refractivity contribution in [3.8, 4) is 0 Å². The Kier molecular flexibility index (Phi) is 4.91. The number of hydrogen-bond acceptors (Lipinski definition) is 6. The first-order valence-corrected chi connectivity index (χ1v) is 8.74. The van der Waals surface area contributed by atoms with Gasteiger partial charge in [-0.15, -0.1) is 0 Å². The van der Waals surface area contributed by atoms with Crippen molar-refractivity contribution in [2.75, 3.05) is 13.2 Å². The van der Waals surface area contributed by atoms with Gasteiger partial charge in [0.2, 0.25) is 4.75 Å². The van der Waals surface area contributed by atoms with E-state index in [1.165, 1.54) is 0 Å². The van der Waals surface area contributed by atoms with Crippen molar-refractivity contribution >= 4 is 34.5 Å². The van der Waals surface area contributed by atoms with Gasteiger partial charge in [0, 0.05) is 13.0 Å². The summed E-state index contributed by atoms with van der Waals surface area (Å²) in [6.07, 6.45) is -0.0978. The molecule has 0 aromatic heterocycles. The number of ether oxygens (including phenoxy) is 2. The Morgan fingerprint density at radius 3 is 2.83 bits per heavy atom. The number of thioether (sulfide) groups is 1. The van der Waals surface area contributed by atoms with Crippen molar-refractivity contribution in [1.29, 1.82) is 0 Å². The summed E-state index contributed by atoms with van der Waals surface area (Å²) in [6, 6.07) is 9.28. The van der Waals surface area contributed by atoms with E-state index in [-0.39, 0.29) is 5.91 Å². The highest BCUT2D eigenvalue weighted by atomic mass is 32.2. The van der Waals surface area contributed by atoms with E-state index in [0.29, 0.717) is 30.7 Å². The number of nitrogens with zero attached hydrogens (tertiary/aromatic N) is 1. The number of amidine groups is 1. The number of rotatable bonds is 5. The number of para-hydroxylation sites is 1. The molecule has 2 fully saturated rings. The van der Waals surface area contributed by atoms with Gasteiger partial charge in [-0.3, -0.25) is 4.79 Å². The molecule has 1 aromatic rings. The zero-order chi connectivity index (χ0) is 17.2. The minimum atomic E-state index is -1.24. The summed E-state index contributed by atoms with van der Waals surface area (Å²) in [5.41, 5.74) is 0.723. The Hall–Kier alpha value is -1.86. The fraction of sp³-hybridized carbons (Fsp3) is 0.471. The molecule has 2 aliphatic heterocycles. The maximum absolute atomic E-state index is 12.4. The normalized spacial score (nSPS) is 28.0. The lowest BCUT2D eigenvalue weighted by Gasteiger charge is -2.12. The molecule has 1 spiro atoms. The lowest BCUT2D eigenvalue weighted by atomic mass is 10.0. The van der Waals surface area contributed by atoms with Gasteiger partial charge in [0.25, 0.3) is 5.91 Å². The molecule has 0 saturated carbocycles. The number of nitrogens with one attached hydrogen (secondary N) is 1. The van der Waals surface area contributed by atoms with Crippen molar-refractivity contribution < 1.29 is 19.1 Å². The molecule has 7 heteroatoms. The van der Waals surface area contributed by atoms with Gasteiger partial charge in [-0.2, -0.15) is 0 Å². The second-order valence-corrected chi connectivity index (χ2v) is 7.59. The second-order valence-electron chi connectivity index (χ2n) is 6.30. The Labute approximate surface area is 145 Å². The summed E-state index contributed by atoms with van der Waals surface area (Å²) in [7, 11) is 0. The van der Waals surface area contributed by atoms with Crippen LogP contribution in [0.4, 0.5) is 5.69 Å². The van der Waals surface area contributed by atoms with Gasteiger partial charge in [-0.1, -0.05) is 43.8 Å². The van der Waals surface area contributed by atoms with Crippen LogP contribution in [0.3, 0.4) is 0 Å². The van der Waals surface area contributed by atoms with E-state index in [4.69, 9.17) is 9.47 Å². The van der Waals surface area contributed by atoms with E-state index in [9.17, 15) is 9.59 Å². The number of hydrogen-bond donors (Lipinski definition) is 1. The molecule has 2 saturated heterocycles. The van der Waals surface area contributed by atoms with Gasteiger partial charge in [0.1, 0.15) is 6.10 Å². The molecule has 24 heavy (non-hydrogen) atoms. The first kappa shape index (κ1) is 17.0. The molecule has 1 N–H and O–H groups in total. The molecule has 2 aliphatic rings. The van der Waals surface area contributed by atoms with Gasteiger partial charge in [-0.25, -0.2) is 9.79 Å². The average Bonchev–Trinajstić information content (AvgIpc) is 3.01. The summed E-state index contributed by atoms with van der Waals surface area (Å²) < 4.78 is 9.65. The number of amides is 1. The van der Waals surface area contributed by atoms with E-state index in [0.717, 1.165) is 17.4 Å². The predicted molar refractivity (Wildman–Crippen MR) is 92.2 cm³/mol. The van der Waals surface area contributed by atoms with E-state index >= 15 is 0 Å². The van der Waals surface area contributed by atoms with E-state index < -0.39 is 16.8 Å². The lowest BCUT2D eigenvalue weighted by Crippen LogP contribution is -2.40. The first-order valence-electron chi connectivity index (χ1n) is 7.92. The molecule has 2 atom stereocenters. The fourth-order valence-corrected chi connectivity index (χ4v) is 3.76. The van der Waals surface area contributed by atoms with Crippen LogP contribution in [-0.4, -0.2) is 41.1 Å². The van der Waals surface area contributed by atoms with Crippen molar-refractivity contribution in [3.63, 3.8) is 0 Å². The van der Waals surface area contributed by atoms with Crippen LogP contribution < -0.4 is 5.32 Å². The largest absolute Gasteiger partial charge is 0.458 e. The fourth-order valence-electron chi connectivity index (χ4n) is 2.59. The van der Waals surface area contributed by atoms with Crippen molar-refractivity contribution in [2.45, 2.75) is 31.1 Å². The van der Waals surface area contributed by atoms with Crippen LogP contribution in [0.2, 0.25) is 0 Å². The molecule has 1 aromatic carbocycles. The standard InChI is InChI=1S/C17H20N2O4S/c1-11(2)9-22-10-13-8-17(15(21)23-13)14(20)19-16(24-17)18-12-6-4-3-5-7-12/h3-7,11,13H,8-10H2,1-2H3,(H,18,19,20)/t13-,17-/m0/s1. The summed E-state index contributed by atoms with van der Waals surface area (Å²) in [6.45, 7) is 5.01. The minimum Gasteiger partial charge on any atom is -0.458 e. The number of benzene rings is 1. The topological polar surface area (TPSA) is 77.0 Å². The number of cyclic esters (lactones) is 1. The van der Waals surface area contributed by atoms with Gasteiger partial charge < -0.3 is 14.8 Å². The molecule has 0 aliphatic carbocycles. The van der Waals surface area contributed by atoms with Gasteiger partial charge in [0.05, 0.1) is 12.3 Å². The van der Waals surface area contributed by atoms with Crippen LogP contribution >= 0.6 is 11.8 Å². The average molecular weight is 348 g/mol. The molecule has 6 nitrogen and oxygen atoms in total. The smallest absolute Gasteiger partial charge is 0.332 e. The van der Waals surface area contributed by atoms with Gasteiger partial charge in [0.15, 0.2) is 5.17 Å². The van der Waals surface area contributed by atoms with Crippen LogP contribution in [-0.2, 0) is 19.1 Å². The number of esters is 1. The molecule has 0 bridgehead atoms. The molecule has 1 amide bonds. The van der Waals surface area contributed by atoms with E-state index in [1.54, 1.807) is 0 Å². The third kappa shape index (κ3) is 3.47. The van der Waals surface area contributed by atoms with Crippen LogP contribution in [0, 0.1) is 5.92 Å². The minimum absolute atomic E-state index is 0.300. The first-order chi connectivity index (χ1) is 11.5. The predicted octanol–water partition coefficient (Wildman–Crippen LogP) is 2.26. The Balaban J connectivity index is 1.68. The highest BCUT2D eigenvalue weighted by molar-refractivity contribution is 8.17. The van der Waals surface area contributed by atoms with E-state index in [1.807, 2.05) is 30.3 Å². The van der Waals surface area contributed by atoms with Crippen molar-refractivity contribution in [2.24, 2.45) is 10.9 Å². The second kappa shape index (κ2) is 6.94. The molecular formula is C17H20N2O4S. The highest BCUT2D eigenvalue weighted by Crippen LogP contribution is 2.43. The summed E-state index contributed by atoms with van der Waals surface area (Å²) in [5.74, 6) is -0.468. The lowest BCUT2D eigenvalue weighted by molar-refractivity contribution is -0.146. The quantitative estimate of drug-likeness (QED) is 0.652. The number of carbonyl (C=O) groups is 2. The third-order valence-corrected chi connectivity index (χ3v) is 4.97. The van der Waals surface area contributed by atoms with Crippen LogP contribution in [0.1, 0.15) is 20.3 Å². The molecule has 0 unspecified atom stereocenters. The SMILES string of the molecule is CC(C)COC[C@@H]1C[C@@]2(SC(=Nc3ccccc3)NC2=O)C(=O)O1. The Bertz CT molecular complexity index is 662. The van der Waals surface area contributed by atoms with Crippen molar-refractivity contribution in [1.82, 2.24) is 5.32 Å². The monoisotopic (exact) mass is 348 g/mol. The van der Waals surface area contributed by atoms with Gasteiger partial charge in [-0.05, 0) is 18.1 Å². The summed E-state index contributed by atoms with van der Waals surface area (Å²) in [4.78, 5) is 29.1. The summed E-state index contributed by atoms with van der Waals surface area (Å²) >= 11 is 1.13. The van der Waals surface area contributed by atoms with Gasteiger partial charge >= 0.3 is 5.97 Å². The zero-order valence-corrected chi connectivity index (χ0v) is 14.5. The summed E-state index contributed by atoms with van der Waals surface area (Å²) in [5, 5.41) is 3.12. The van der Waals surface area contributed by atoms with E-state index in [2.05, 4.69) is 24.2 Å². The molecule has 0 radical (unpaired) electrons. The van der Waals surface area contributed by atoms with Crippen LogP contribution in [0.25, 0.3) is 0 Å². The number of carbonyl (C=O) groups excluding carboxylic acids is 2. The molecule has 128 valence electrons. The van der Waals surface area contributed by atoms with Crippen LogP contribution in [0.5, 0.6) is 0 Å².